The van der Waals surface area contributed by atoms with Crippen LogP contribution in [0, 0.1) is 0 Å². The fourth-order valence-corrected chi connectivity index (χ4v) is 2.27. The van der Waals surface area contributed by atoms with E-state index in [1.807, 2.05) is 27.7 Å². The van der Waals surface area contributed by atoms with Gasteiger partial charge in [-0.05, 0) is 27.7 Å². The first-order valence-electron chi connectivity index (χ1n) is 6.36. The van der Waals surface area contributed by atoms with Crippen molar-refractivity contribution < 1.29 is 18.8 Å². The number of esters is 1. The average molecular weight is 255 g/mol. The van der Waals surface area contributed by atoms with E-state index in [2.05, 4.69) is 5.32 Å². The molecule has 2 saturated heterocycles. The van der Waals surface area contributed by atoms with Crippen molar-refractivity contribution in [3.63, 3.8) is 0 Å². The highest BCUT2D eigenvalue weighted by atomic mass is 16.7. The van der Waals surface area contributed by atoms with Crippen molar-refractivity contribution in [1.82, 2.24) is 5.32 Å². The van der Waals surface area contributed by atoms with Gasteiger partial charge in [0, 0.05) is 18.4 Å². The molecule has 18 heavy (non-hydrogen) atoms. The van der Waals surface area contributed by atoms with Crippen LogP contribution in [0.15, 0.2) is 0 Å². The number of rotatable bonds is 3. The molecule has 0 aromatic rings. The van der Waals surface area contributed by atoms with Crippen LogP contribution in [0.4, 0.5) is 0 Å². The summed E-state index contributed by atoms with van der Waals surface area (Å²) in [6.45, 7) is 9.52. The second-order valence-corrected chi connectivity index (χ2v) is 6.31. The Balaban J connectivity index is 2.13. The number of hydrogen-bond donors (Lipinski definition) is 1. The van der Waals surface area contributed by atoms with Gasteiger partial charge in [-0.15, -0.1) is 0 Å². The molecule has 6 heteroatoms. The SMILES string of the molecule is COC(=O)CC1(B2OC(C)(C)C(C)(C)O2)CNC1. The zero-order chi connectivity index (χ0) is 13.6. The Hall–Kier alpha value is -0.585. The summed E-state index contributed by atoms with van der Waals surface area (Å²) in [7, 11) is 1.05. The maximum absolute atomic E-state index is 11.5. The first-order chi connectivity index (χ1) is 8.22. The molecule has 2 rings (SSSR count). The van der Waals surface area contributed by atoms with Gasteiger partial charge in [0.2, 0.25) is 0 Å². The van der Waals surface area contributed by atoms with Gasteiger partial charge in [-0.1, -0.05) is 0 Å². The van der Waals surface area contributed by atoms with Gasteiger partial charge in [-0.2, -0.15) is 0 Å². The Morgan fingerprint density at radius 1 is 1.22 bits per heavy atom. The summed E-state index contributed by atoms with van der Waals surface area (Å²) < 4.78 is 16.9. The van der Waals surface area contributed by atoms with Crippen molar-refractivity contribution in [1.29, 1.82) is 0 Å². The number of carbonyl (C=O) groups is 1. The quantitative estimate of drug-likeness (QED) is 0.602. The molecule has 0 bridgehead atoms. The lowest BCUT2D eigenvalue weighted by atomic mass is 9.52. The van der Waals surface area contributed by atoms with Crippen LogP contribution >= 0.6 is 0 Å². The maximum atomic E-state index is 11.5. The first-order valence-corrected chi connectivity index (χ1v) is 6.36. The van der Waals surface area contributed by atoms with Crippen molar-refractivity contribution in [2.45, 2.75) is 50.6 Å². The summed E-state index contributed by atoms with van der Waals surface area (Å²) in [5.74, 6) is -0.216. The molecule has 2 aliphatic rings. The van der Waals surface area contributed by atoms with Gasteiger partial charge in [0.05, 0.1) is 24.7 Å². The van der Waals surface area contributed by atoms with Crippen molar-refractivity contribution in [2.75, 3.05) is 20.2 Å². The highest BCUT2D eigenvalue weighted by Gasteiger charge is 2.62. The molecule has 0 radical (unpaired) electrons. The fourth-order valence-electron chi connectivity index (χ4n) is 2.27. The Morgan fingerprint density at radius 2 is 1.72 bits per heavy atom. The maximum Gasteiger partial charge on any atom is 0.467 e. The van der Waals surface area contributed by atoms with Crippen molar-refractivity contribution in [3.8, 4) is 0 Å². The van der Waals surface area contributed by atoms with Crippen molar-refractivity contribution in [2.24, 2.45) is 0 Å². The molecule has 0 atom stereocenters. The predicted molar refractivity (Wildman–Crippen MR) is 68.3 cm³/mol. The van der Waals surface area contributed by atoms with E-state index in [0.717, 1.165) is 13.1 Å². The van der Waals surface area contributed by atoms with E-state index < -0.39 is 0 Å². The van der Waals surface area contributed by atoms with E-state index in [4.69, 9.17) is 14.0 Å². The number of hydrogen-bond acceptors (Lipinski definition) is 5. The third kappa shape index (κ3) is 2.06. The molecule has 0 unspecified atom stereocenters. The summed E-state index contributed by atoms with van der Waals surface area (Å²) in [4.78, 5) is 11.5. The van der Waals surface area contributed by atoms with Crippen molar-refractivity contribution >= 4 is 13.1 Å². The average Bonchev–Trinajstić information content (AvgIpc) is 2.41. The van der Waals surface area contributed by atoms with Crippen LogP contribution in [0.2, 0.25) is 5.31 Å². The molecular weight excluding hydrogens is 233 g/mol. The molecule has 0 spiro atoms. The van der Waals surface area contributed by atoms with E-state index in [0.29, 0.717) is 6.42 Å². The molecule has 2 aliphatic heterocycles. The van der Waals surface area contributed by atoms with Crippen molar-refractivity contribution in [3.05, 3.63) is 0 Å². The fraction of sp³-hybridized carbons (Fsp3) is 0.917. The van der Waals surface area contributed by atoms with Crippen LogP contribution in [0.1, 0.15) is 34.1 Å². The molecule has 0 aliphatic carbocycles. The monoisotopic (exact) mass is 255 g/mol. The van der Waals surface area contributed by atoms with E-state index in [9.17, 15) is 4.79 Å². The Bertz CT molecular complexity index is 336. The Labute approximate surface area is 109 Å². The summed E-state index contributed by atoms with van der Waals surface area (Å²) >= 11 is 0. The van der Waals surface area contributed by atoms with E-state index in [1.54, 1.807) is 0 Å². The highest BCUT2D eigenvalue weighted by molar-refractivity contribution is 6.50. The molecule has 2 fully saturated rings. The van der Waals surface area contributed by atoms with Gasteiger partial charge in [0.25, 0.3) is 0 Å². The van der Waals surface area contributed by atoms with Crippen LogP contribution in [-0.2, 0) is 18.8 Å². The minimum absolute atomic E-state index is 0.216. The van der Waals surface area contributed by atoms with Gasteiger partial charge >= 0.3 is 13.1 Å². The number of nitrogens with one attached hydrogen (secondary N) is 1. The number of methoxy groups -OCH3 is 1. The molecule has 0 saturated carbocycles. The molecule has 102 valence electrons. The number of carbonyl (C=O) groups excluding carboxylic acids is 1. The zero-order valence-corrected chi connectivity index (χ0v) is 11.8. The molecule has 1 N–H and O–H groups in total. The lowest BCUT2D eigenvalue weighted by Crippen LogP contribution is -2.58. The van der Waals surface area contributed by atoms with Crippen LogP contribution in [0.3, 0.4) is 0 Å². The number of ether oxygens (including phenoxy) is 1. The summed E-state index contributed by atoms with van der Waals surface area (Å²) in [5, 5.41) is 2.90. The summed E-state index contributed by atoms with van der Waals surface area (Å²) in [5.41, 5.74) is -0.729. The highest BCUT2D eigenvalue weighted by Crippen LogP contribution is 2.48. The third-order valence-corrected chi connectivity index (χ3v) is 4.43. The van der Waals surface area contributed by atoms with Gasteiger partial charge in [0.1, 0.15) is 0 Å². The summed E-state index contributed by atoms with van der Waals surface area (Å²) in [6.07, 6.45) is 0.327. The first kappa shape index (κ1) is 13.8. The van der Waals surface area contributed by atoms with Crippen LogP contribution in [-0.4, -0.2) is 44.5 Å². The molecular formula is C12H22BNO4. The van der Waals surface area contributed by atoms with Gasteiger partial charge in [-0.3, -0.25) is 4.79 Å². The van der Waals surface area contributed by atoms with E-state index >= 15 is 0 Å². The largest absolute Gasteiger partial charge is 0.469 e. The Morgan fingerprint density at radius 3 is 2.06 bits per heavy atom. The minimum Gasteiger partial charge on any atom is -0.469 e. The summed E-state index contributed by atoms with van der Waals surface area (Å²) in [6, 6.07) is 0. The molecule has 2 heterocycles. The minimum atomic E-state index is -0.365. The molecule has 0 aromatic heterocycles. The predicted octanol–water partition coefficient (Wildman–Crippen LogP) is 0.985. The van der Waals surface area contributed by atoms with Gasteiger partial charge < -0.3 is 19.4 Å². The standard InChI is InChI=1S/C12H22BNO4/c1-10(2)11(3,4)18-13(17-10)12(7-14-8-12)6-9(15)16-5/h14H,6-8H2,1-5H3. The van der Waals surface area contributed by atoms with Gasteiger partial charge in [0.15, 0.2) is 0 Å². The van der Waals surface area contributed by atoms with E-state index in [-0.39, 0.29) is 29.6 Å². The topological polar surface area (TPSA) is 56.8 Å². The van der Waals surface area contributed by atoms with Crippen LogP contribution in [0.25, 0.3) is 0 Å². The second kappa shape index (κ2) is 4.22. The smallest absolute Gasteiger partial charge is 0.467 e. The molecule has 0 amide bonds. The molecule has 0 aromatic carbocycles. The normalized spacial score (nSPS) is 27.7. The van der Waals surface area contributed by atoms with E-state index in [1.165, 1.54) is 7.11 Å². The lowest BCUT2D eigenvalue weighted by molar-refractivity contribution is -0.142. The molecule has 5 nitrogen and oxygen atoms in total. The van der Waals surface area contributed by atoms with Gasteiger partial charge in [-0.25, -0.2) is 0 Å². The lowest BCUT2D eigenvalue weighted by Gasteiger charge is -2.42. The third-order valence-electron chi connectivity index (χ3n) is 4.43. The second-order valence-electron chi connectivity index (χ2n) is 6.31. The van der Waals surface area contributed by atoms with Crippen LogP contribution < -0.4 is 5.32 Å². The zero-order valence-electron chi connectivity index (χ0n) is 11.8. The Kier molecular flexibility index (Phi) is 3.24. The van der Waals surface area contributed by atoms with Crippen LogP contribution in [0.5, 0.6) is 0 Å².